The number of hydrogen-bond acceptors (Lipinski definition) is 2. The van der Waals surface area contributed by atoms with E-state index in [9.17, 15) is 22.8 Å². The molecule has 0 spiro atoms. The number of urea groups is 1. The summed E-state index contributed by atoms with van der Waals surface area (Å²) in [5, 5.41) is 11.2. The zero-order valence-corrected chi connectivity index (χ0v) is 11.1. The van der Waals surface area contributed by atoms with E-state index in [-0.39, 0.29) is 19.5 Å². The van der Waals surface area contributed by atoms with Crippen molar-refractivity contribution in [3.05, 3.63) is 29.6 Å². The molecular weight excluding hydrogens is 289 g/mol. The molecule has 1 aromatic rings. The molecular formula is C13H13F3N2O3. The van der Waals surface area contributed by atoms with Gasteiger partial charge in [-0.1, -0.05) is 0 Å². The molecule has 21 heavy (non-hydrogen) atoms. The molecule has 1 unspecified atom stereocenters. The Labute approximate surface area is 118 Å². The average molecular weight is 302 g/mol. The second-order valence-corrected chi connectivity index (χ2v) is 5.21. The van der Waals surface area contributed by atoms with Gasteiger partial charge >= 0.3 is 12.0 Å². The molecule has 8 heteroatoms. The Morgan fingerprint density at radius 3 is 2.43 bits per heavy atom. The van der Waals surface area contributed by atoms with Crippen LogP contribution in [0.1, 0.15) is 13.3 Å². The topological polar surface area (TPSA) is 69.6 Å². The van der Waals surface area contributed by atoms with Crippen LogP contribution in [0.15, 0.2) is 12.1 Å². The van der Waals surface area contributed by atoms with Crippen LogP contribution in [0.2, 0.25) is 0 Å². The SMILES string of the molecule is CC1(C(=O)O)CCN(C(=O)Nc2cc(F)c(F)cc2F)C1. The number of benzene rings is 1. The van der Waals surface area contributed by atoms with Crippen molar-refractivity contribution >= 4 is 17.7 Å². The lowest BCUT2D eigenvalue weighted by atomic mass is 9.90. The number of nitrogens with one attached hydrogen (secondary N) is 1. The molecule has 1 aromatic carbocycles. The van der Waals surface area contributed by atoms with Crippen molar-refractivity contribution in [2.75, 3.05) is 18.4 Å². The molecule has 0 aromatic heterocycles. The maximum absolute atomic E-state index is 13.4. The Kier molecular flexibility index (Phi) is 3.80. The number of nitrogens with zero attached hydrogens (tertiary/aromatic N) is 1. The maximum Gasteiger partial charge on any atom is 0.321 e. The molecule has 1 atom stereocenters. The summed E-state index contributed by atoms with van der Waals surface area (Å²) >= 11 is 0. The Morgan fingerprint density at radius 1 is 1.24 bits per heavy atom. The fraction of sp³-hybridized carbons (Fsp3) is 0.385. The normalized spacial score (nSPS) is 21.4. The lowest BCUT2D eigenvalue weighted by Crippen LogP contribution is -2.37. The van der Waals surface area contributed by atoms with Gasteiger partial charge in [0.25, 0.3) is 0 Å². The largest absolute Gasteiger partial charge is 0.481 e. The van der Waals surface area contributed by atoms with Crippen LogP contribution in [0.3, 0.4) is 0 Å². The molecule has 0 aliphatic carbocycles. The molecule has 114 valence electrons. The first-order chi connectivity index (χ1) is 9.73. The van der Waals surface area contributed by atoms with Crippen molar-refractivity contribution in [2.24, 2.45) is 5.41 Å². The highest BCUT2D eigenvalue weighted by atomic mass is 19.2. The first kappa shape index (κ1) is 15.1. The van der Waals surface area contributed by atoms with Crippen molar-refractivity contribution in [3.8, 4) is 0 Å². The fourth-order valence-corrected chi connectivity index (χ4v) is 2.12. The summed E-state index contributed by atoms with van der Waals surface area (Å²) in [5.74, 6) is -4.78. The van der Waals surface area contributed by atoms with Crippen LogP contribution in [0.25, 0.3) is 0 Å². The number of carbonyl (C=O) groups excluding carboxylic acids is 1. The molecule has 1 heterocycles. The minimum Gasteiger partial charge on any atom is -0.481 e. The number of amides is 2. The Morgan fingerprint density at radius 2 is 1.86 bits per heavy atom. The number of carboxylic acids is 1. The zero-order valence-electron chi connectivity index (χ0n) is 11.1. The third-order valence-electron chi connectivity index (χ3n) is 3.53. The standard InChI is InChI=1S/C13H13F3N2O3/c1-13(11(19)20)2-3-18(6-13)12(21)17-10-5-8(15)7(14)4-9(10)16/h4-5H,2-3,6H2,1H3,(H,17,21)(H,19,20). The van der Waals surface area contributed by atoms with Crippen LogP contribution in [0.5, 0.6) is 0 Å². The van der Waals surface area contributed by atoms with E-state index in [2.05, 4.69) is 5.32 Å². The number of anilines is 1. The van der Waals surface area contributed by atoms with Gasteiger partial charge in [-0.2, -0.15) is 0 Å². The third-order valence-corrected chi connectivity index (χ3v) is 3.53. The van der Waals surface area contributed by atoms with E-state index < -0.39 is 40.6 Å². The van der Waals surface area contributed by atoms with Crippen molar-refractivity contribution < 1.29 is 27.9 Å². The van der Waals surface area contributed by atoms with Gasteiger partial charge in [0, 0.05) is 25.2 Å². The number of rotatable bonds is 2. The van der Waals surface area contributed by atoms with Crippen LogP contribution in [-0.4, -0.2) is 35.1 Å². The summed E-state index contributed by atoms with van der Waals surface area (Å²) in [6, 6.07) is 0.107. The number of carboxylic acid groups (broad SMARTS) is 1. The zero-order chi connectivity index (χ0) is 15.8. The summed E-state index contributed by atoms with van der Waals surface area (Å²) in [5.41, 5.74) is -1.56. The van der Waals surface area contributed by atoms with Crippen LogP contribution in [-0.2, 0) is 4.79 Å². The van der Waals surface area contributed by atoms with Crippen LogP contribution < -0.4 is 5.32 Å². The smallest absolute Gasteiger partial charge is 0.321 e. The summed E-state index contributed by atoms with van der Waals surface area (Å²) in [6.45, 7) is 1.64. The molecule has 1 aliphatic heterocycles. The number of carbonyl (C=O) groups is 2. The minimum atomic E-state index is -1.36. The number of aliphatic carboxylic acids is 1. The van der Waals surface area contributed by atoms with Gasteiger partial charge in [0.15, 0.2) is 11.6 Å². The third kappa shape index (κ3) is 2.93. The van der Waals surface area contributed by atoms with Gasteiger partial charge in [0.1, 0.15) is 5.82 Å². The highest BCUT2D eigenvalue weighted by molar-refractivity contribution is 5.90. The molecule has 0 saturated carbocycles. The first-order valence-electron chi connectivity index (χ1n) is 6.17. The van der Waals surface area contributed by atoms with Crippen molar-refractivity contribution in [1.82, 2.24) is 4.90 Å². The number of hydrogen-bond donors (Lipinski definition) is 2. The Hall–Kier alpha value is -2.25. The first-order valence-corrected chi connectivity index (χ1v) is 6.17. The second kappa shape index (κ2) is 5.27. The molecule has 1 aliphatic rings. The van der Waals surface area contributed by atoms with Gasteiger partial charge in [-0.3, -0.25) is 4.79 Å². The molecule has 0 radical (unpaired) electrons. The quantitative estimate of drug-likeness (QED) is 0.824. The molecule has 5 nitrogen and oxygen atoms in total. The van der Waals surface area contributed by atoms with E-state index in [1.165, 1.54) is 11.8 Å². The van der Waals surface area contributed by atoms with Crippen molar-refractivity contribution in [1.29, 1.82) is 0 Å². The van der Waals surface area contributed by atoms with Crippen molar-refractivity contribution in [3.63, 3.8) is 0 Å². The predicted octanol–water partition coefficient (Wildman–Crippen LogP) is 2.43. The maximum atomic E-state index is 13.4. The highest BCUT2D eigenvalue weighted by Crippen LogP contribution is 2.30. The Balaban J connectivity index is 2.10. The molecule has 1 saturated heterocycles. The van der Waals surface area contributed by atoms with Gasteiger partial charge in [0.05, 0.1) is 11.1 Å². The van der Waals surface area contributed by atoms with Crippen LogP contribution in [0.4, 0.5) is 23.7 Å². The second-order valence-electron chi connectivity index (χ2n) is 5.21. The fourth-order valence-electron chi connectivity index (χ4n) is 2.12. The van der Waals surface area contributed by atoms with Gasteiger partial charge < -0.3 is 15.3 Å². The lowest BCUT2D eigenvalue weighted by Gasteiger charge is -2.20. The van der Waals surface area contributed by atoms with Gasteiger partial charge in [-0.25, -0.2) is 18.0 Å². The lowest BCUT2D eigenvalue weighted by molar-refractivity contribution is -0.146. The van der Waals surface area contributed by atoms with Gasteiger partial charge in [-0.05, 0) is 13.3 Å². The van der Waals surface area contributed by atoms with E-state index in [1.54, 1.807) is 0 Å². The van der Waals surface area contributed by atoms with E-state index in [0.717, 1.165) is 0 Å². The van der Waals surface area contributed by atoms with Gasteiger partial charge in [0.2, 0.25) is 0 Å². The molecule has 1 fully saturated rings. The Bertz CT molecular complexity index is 609. The minimum absolute atomic E-state index is 0.0422. The van der Waals surface area contributed by atoms with Crippen LogP contribution >= 0.6 is 0 Å². The van der Waals surface area contributed by atoms with E-state index in [0.29, 0.717) is 12.1 Å². The predicted molar refractivity (Wildman–Crippen MR) is 67.3 cm³/mol. The van der Waals surface area contributed by atoms with Crippen molar-refractivity contribution in [2.45, 2.75) is 13.3 Å². The van der Waals surface area contributed by atoms with Crippen LogP contribution in [0, 0.1) is 22.9 Å². The molecule has 2 N–H and O–H groups in total. The van der Waals surface area contributed by atoms with E-state index >= 15 is 0 Å². The number of halogens is 3. The van der Waals surface area contributed by atoms with E-state index in [1.807, 2.05) is 0 Å². The highest BCUT2D eigenvalue weighted by Gasteiger charge is 2.42. The summed E-state index contributed by atoms with van der Waals surface area (Å²) in [7, 11) is 0. The average Bonchev–Trinajstić information content (AvgIpc) is 2.80. The van der Waals surface area contributed by atoms with Gasteiger partial charge in [-0.15, -0.1) is 0 Å². The summed E-state index contributed by atoms with van der Waals surface area (Å²) < 4.78 is 39.2. The molecule has 0 bridgehead atoms. The summed E-state index contributed by atoms with van der Waals surface area (Å²) in [6.07, 6.45) is 0.260. The summed E-state index contributed by atoms with van der Waals surface area (Å²) in [4.78, 5) is 24.2. The molecule has 2 amide bonds. The van der Waals surface area contributed by atoms with E-state index in [4.69, 9.17) is 5.11 Å². The molecule has 2 rings (SSSR count). The monoisotopic (exact) mass is 302 g/mol. The number of likely N-dealkylation sites (tertiary alicyclic amines) is 1.